The lowest BCUT2D eigenvalue weighted by Gasteiger charge is -2.03. The van der Waals surface area contributed by atoms with Gasteiger partial charge in [-0.05, 0) is 41.5 Å². The molecule has 148 valence electrons. The van der Waals surface area contributed by atoms with Crippen LogP contribution < -0.4 is 5.43 Å². The average molecular weight is 399 g/mol. The molecule has 3 aromatic carbocycles. The van der Waals surface area contributed by atoms with Crippen LogP contribution in [0.4, 0.5) is 5.69 Å². The second-order valence-electron chi connectivity index (χ2n) is 6.64. The minimum Gasteiger partial charge on any atom is -0.272 e. The number of benzene rings is 3. The van der Waals surface area contributed by atoms with E-state index in [0.717, 1.165) is 16.3 Å². The molecule has 30 heavy (non-hydrogen) atoms. The van der Waals surface area contributed by atoms with Crippen LogP contribution in [0.25, 0.3) is 22.0 Å². The maximum Gasteiger partial charge on any atom is 0.289 e. The molecule has 0 spiro atoms. The average Bonchev–Trinajstić information content (AvgIpc) is 3.27. The van der Waals surface area contributed by atoms with Gasteiger partial charge >= 0.3 is 0 Å². The predicted molar refractivity (Wildman–Crippen MR) is 114 cm³/mol. The van der Waals surface area contributed by atoms with Gasteiger partial charge in [0, 0.05) is 17.7 Å². The first-order chi connectivity index (χ1) is 14.5. The highest BCUT2D eigenvalue weighted by molar-refractivity contribution is 6.01. The Kier molecular flexibility index (Phi) is 5.04. The lowest BCUT2D eigenvalue weighted by Crippen LogP contribution is -2.19. The minimum atomic E-state index is -0.468. The Balaban J connectivity index is 1.51. The van der Waals surface area contributed by atoms with Crippen molar-refractivity contribution in [3.05, 3.63) is 94.2 Å². The fraction of sp³-hybridized carbons (Fsp3) is 0.0455. The summed E-state index contributed by atoms with van der Waals surface area (Å²) in [6.45, 7) is 1.70. The summed E-state index contributed by atoms with van der Waals surface area (Å²) in [6, 6.07) is 21.5. The zero-order valence-corrected chi connectivity index (χ0v) is 16.0. The number of non-ortho nitro benzene ring substituents is 1. The van der Waals surface area contributed by atoms with Crippen molar-refractivity contribution >= 4 is 28.1 Å². The van der Waals surface area contributed by atoms with Gasteiger partial charge in [-0.15, -0.1) is 0 Å². The number of nitro groups is 1. The molecule has 1 heterocycles. The van der Waals surface area contributed by atoms with Crippen LogP contribution in [0, 0.1) is 10.1 Å². The van der Waals surface area contributed by atoms with Gasteiger partial charge in [-0.3, -0.25) is 20.0 Å². The molecule has 0 atom stereocenters. The van der Waals surface area contributed by atoms with Gasteiger partial charge in [0.2, 0.25) is 0 Å². The zero-order valence-electron chi connectivity index (χ0n) is 16.0. The lowest BCUT2D eigenvalue weighted by atomic mass is 10.0. The predicted octanol–water partition coefficient (Wildman–Crippen LogP) is 4.29. The van der Waals surface area contributed by atoms with E-state index in [0.29, 0.717) is 17.0 Å². The van der Waals surface area contributed by atoms with Crippen LogP contribution in [-0.2, 0) is 0 Å². The molecular weight excluding hydrogens is 382 g/mol. The number of carbonyl (C=O) groups is 1. The summed E-state index contributed by atoms with van der Waals surface area (Å²) in [7, 11) is 0. The Morgan fingerprint density at radius 1 is 1.07 bits per heavy atom. The van der Waals surface area contributed by atoms with Gasteiger partial charge in [-0.1, -0.05) is 42.5 Å². The van der Waals surface area contributed by atoms with Crippen molar-refractivity contribution in [3.63, 3.8) is 0 Å². The van der Waals surface area contributed by atoms with Gasteiger partial charge in [0.1, 0.15) is 5.69 Å². The number of H-pyrrole nitrogens is 1. The first kappa shape index (κ1) is 19.0. The van der Waals surface area contributed by atoms with Crippen LogP contribution in [-0.4, -0.2) is 26.7 Å². The Morgan fingerprint density at radius 3 is 2.57 bits per heavy atom. The summed E-state index contributed by atoms with van der Waals surface area (Å²) in [6.07, 6.45) is 0. The van der Waals surface area contributed by atoms with E-state index in [1.54, 1.807) is 25.1 Å². The number of nitro benzene ring substituents is 1. The van der Waals surface area contributed by atoms with Crippen LogP contribution in [0.1, 0.15) is 23.0 Å². The molecule has 0 aliphatic heterocycles. The maximum atomic E-state index is 12.5. The van der Waals surface area contributed by atoms with E-state index in [2.05, 4.69) is 20.7 Å². The van der Waals surface area contributed by atoms with Crippen molar-refractivity contribution in [3.8, 4) is 11.3 Å². The monoisotopic (exact) mass is 399 g/mol. The molecule has 8 heteroatoms. The van der Waals surface area contributed by atoms with Crippen molar-refractivity contribution in [2.24, 2.45) is 5.10 Å². The van der Waals surface area contributed by atoms with Gasteiger partial charge in [0.15, 0.2) is 0 Å². The highest BCUT2D eigenvalue weighted by Gasteiger charge is 2.13. The van der Waals surface area contributed by atoms with E-state index in [9.17, 15) is 14.9 Å². The third-order valence-corrected chi connectivity index (χ3v) is 4.71. The lowest BCUT2D eigenvalue weighted by molar-refractivity contribution is -0.384. The second kappa shape index (κ2) is 7.96. The molecule has 4 aromatic rings. The summed E-state index contributed by atoms with van der Waals surface area (Å²) in [5.41, 5.74) is 5.53. The molecule has 4 rings (SSSR count). The SMILES string of the molecule is C/C(=N\NC(=O)c1cc(-c2cccc3ccccc23)n[nH]1)c1ccc([N+](=O)[O-])cc1. The van der Waals surface area contributed by atoms with E-state index in [1.807, 2.05) is 42.5 Å². The third kappa shape index (κ3) is 3.79. The summed E-state index contributed by atoms with van der Waals surface area (Å²) < 4.78 is 0. The highest BCUT2D eigenvalue weighted by Crippen LogP contribution is 2.27. The Bertz CT molecular complexity index is 1270. The fourth-order valence-electron chi connectivity index (χ4n) is 3.11. The number of hydrazone groups is 1. The number of hydrogen-bond acceptors (Lipinski definition) is 5. The van der Waals surface area contributed by atoms with Crippen molar-refractivity contribution < 1.29 is 9.72 Å². The largest absolute Gasteiger partial charge is 0.289 e. The van der Waals surface area contributed by atoms with Crippen LogP contribution in [0.2, 0.25) is 0 Å². The minimum absolute atomic E-state index is 0.00555. The summed E-state index contributed by atoms with van der Waals surface area (Å²) in [5.74, 6) is -0.435. The first-order valence-electron chi connectivity index (χ1n) is 9.16. The quantitative estimate of drug-likeness (QED) is 0.296. The van der Waals surface area contributed by atoms with E-state index in [1.165, 1.54) is 12.1 Å². The van der Waals surface area contributed by atoms with E-state index < -0.39 is 10.8 Å². The fourth-order valence-corrected chi connectivity index (χ4v) is 3.11. The molecule has 0 saturated heterocycles. The molecule has 0 aliphatic rings. The van der Waals surface area contributed by atoms with Gasteiger partial charge in [0.05, 0.1) is 16.3 Å². The number of rotatable bonds is 5. The number of nitrogens with zero attached hydrogens (tertiary/aromatic N) is 3. The molecular formula is C22H17N5O3. The molecule has 0 radical (unpaired) electrons. The molecule has 1 amide bonds. The van der Waals surface area contributed by atoms with Crippen molar-refractivity contribution in [2.45, 2.75) is 6.92 Å². The number of aromatic amines is 1. The van der Waals surface area contributed by atoms with E-state index in [4.69, 9.17) is 0 Å². The Labute approximate surface area is 171 Å². The number of fused-ring (bicyclic) bond motifs is 1. The van der Waals surface area contributed by atoms with E-state index in [-0.39, 0.29) is 11.4 Å². The summed E-state index contributed by atoms with van der Waals surface area (Å²) in [4.78, 5) is 22.7. The smallest absolute Gasteiger partial charge is 0.272 e. The van der Waals surface area contributed by atoms with Crippen molar-refractivity contribution in [1.82, 2.24) is 15.6 Å². The molecule has 0 fully saturated rings. The van der Waals surface area contributed by atoms with Crippen LogP contribution in [0.15, 0.2) is 77.9 Å². The van der Waals surface area contributed by atoms with Gasteiger partial charge in [0.25, 0.3) is 11.6 Å². The third-order valence-electron chi connectivity index (χ3n) is 4.71. The number of hydrogen-bond donors (Lipinski definition) is 2. The summed E-state index contributed by atoms with van der Waals surface area (Å²) in [5, 5.41) is 24.0. The van der Waals surface area contributed by atoms with Crippen LogP contribution >= 0.6 is 0 Å². The second-order valence-corrected chi connectivity index (χ2v) is 6.64. The van der Waals surface area contributed by atoms with Gasteiger partial charge in [-0.2, -0.15) is 10.2 Å². The number of nitrogens with one attached hydrogen (secondary N) is 2. The molecule has 0 bridgehead atoms. The number of aromatic nitrogens is 2. The first-order valence-corrected chi connectivity index (χ1v) is 9.16. The summed E-state index contributed by atoms with van der Waals surface area (Å²) >= 11 is 0. The molecule has 0 unspecified atom stereocenters. The molecule has 1 aromatic heterocycles. The molecule has 0 aliphatic carbocycles. The zero-order chi connectivity index (χ0) is 21.1. The standard InChI is InChI=1S/C22H17N5O3/c1-14(15-9-11-17(12-10-15)27(29)30)23-26-22(28)21-13-20(24-25-21)19-8-4-6-16-5-2-3-7-18(16)19/h2-13H,1H3,(H,24,25)(H,26,28)/b23-14+. The number of carbonyl (C=O) groups excluding carboxylic acids is 1. The Morgan fingerprint density at radius 2 is 1.80 bits per heavy atom. The van der Waals surface area contributed by atoms with Crippen LogP contribution in [0.3, 0.4) is 0 Å². The molecule has 2 N–H and O–H groups in total. The molecule has 0 saturated carbocycles. The van der Waals surface area contributed by atoms with Crippen molar-refractivity contribution in [2.75, 3.05) is 0 Å². The van der Waals surface area contributed by atoms with Gasteiger partial charge < -0.3 is 0 Å². The number of amides is 1. The van der Waals surface area contributed by atoms with E-state index >= 15 is 0 Å². The highest BCUT2D eigenvalue weighted by atomic mass is 16.6. The van der Waals surface area contributed by atoms with Gasteiger partial charge in [-0.25, -0.2) is 5.43 Å². The topological polar surface area (TPSA) is 113 Å². The maximum absolute atomic E-state index is 12.5. The van der Waals surface area contributed by atoms with Crippen molar-refractivity contribution in [1.29, 1.82) is 0 Å². The van der Waals surface area contributed by atoms with Crippen LogP contribution in [0.5, 0.6) is 0 Å². The Hall–Kier alpha value is -4.33. The molecule has 8 nitrogen and oxygen atoms in total. The normalized spacial score (nSPS) is 11.4.